The number of nitrogens with zero attached hydrogens (tertiary/aromatic N) is 8. The third kappa shape index (κ3) is 6.46. The number of hydrogen-bond donors (Lipinski definition) is 2. The summed E-state index contributed by atoms with van der Waals surface area (Å²) < 4.78 is 1.86. The van der Waals surface area contributed by atoms with E-state index in [2.05, 4.69) is 30.2 Å². The number of nitro groups is 1. The predicted octanol–water partition coefficient (Wildman–Crippen LogP) is 4.82. The maximum Gasteiger partial charge on any atom is 0.287 e. The SMILES string of the molecule is O=C(CN(CCNc1ccc([N+](=O)[O-])cn1)c1nccc(-c2ccc(-c3ncc[nH]3)cc2)n1)c1ccc(-n2ccnc2)cc1. The summed E-state index contributed by atoms with van der Waals surface area (Å²) in [4.78, 5) is 50.6. The van der Waals surface area contributed by atoms with Crippen molar-refractivity contribution in [1.29, 1.82) is 0 Å². The summed E-state index contributed by atoms with van der Waals surface area (Å²) >= 11 is 0. The Kier molecular flexibility index (Phi) is 8.08. The molecule has 0 spiro atoms. The van der Waals surface area contributed by atoms with Crippen LogP contribution in [-0.4, -0.2) is 64.8 Å². The maximum absolute atomic E-state index is 13.4. The van der Waals surface area contributed by atoms with Crippen molar-refractivity contribution in [3.63, 3.8) is 0 Å². The van der Waals surface area contributed by atoms with Gasteiger partial charge in [-0.2, -0.15) is 0 Å². The molecule has 44 heavy (non-hydrogen) atoms. The number of nitrogens with one attached hydrogen (secondary N) is 2. The first kappa shape index (κ1) is 27.9. The Morgan fingerprint density at radius 2 is 1.75 bits per heavy atom. The molecule has 0 aliphatic carbocycles. The number of pyridine rings is 1. The number of aromatic nitrogens is 7. The molecule has 0 radical (unpaired) electrons. The topological polar surface area (TPSA) is 161 Å². The molecule has 218 valence electrons. The Bertz CT molecular complexity index is 1840. The van der Waals surface area contributed by atoms with Crippen molar-refractivity contribution in [2.45, 2.75) is 0 Å². The second-order valence-corrected chi connectivity index (χ2v) is 9.70. The van der Waals surface area contributed by atoms with Gasteiger partial charge in [0.2, 0.25) is 5.95 Å². The number of ketones is 1. The van der Waals surface area contributed by atoms with Gasteiger partial charge in [0.25, 0.3) is 5.69 Å². The van der Waals surface area contributed by atoms with E-state index in [1.807, 2.05) is 53.2 Å². The molecule has 0 aliphatic rings. The van der Waals surface area contributed by atoms with Crippen molar-refractivity contribution >= 4 is 23.2 Å². The molecular formula is C31H26N10O3. The summed E-state index contributed by atoms with van der Waals surface area (Å²) in [6, 6.07) is 19.9. The monoisotopic (exact) mass is 586 g/mol. The second kappa shape index (κ2) is 12.7. The molecule has 4 aromatic heterocycles. The first-order chi connectivity index (χ1) is 21.5. The molecule has 0 amide bonds. The van der Waals surface area contributed by atoms with Crippen molar-refractivity contribution in [2.24, 2.45) is 0 Å². The van der Waals surface area contributed by atoms with E-state index in [0.29, 0.717) is 36.1 Å². The zero-order chi connectivity index (χ0) is 30.3. The van der Waals surface area contributed by atoms with Gasteiger partial charge in [0.05, 0.1) is 23.5 Å². The molecule has 2 N–H and O–H groups in total. The summed E-state index contributed by atoms with van der Waals surface area (Å²) in [5.74, 6) is 1.54. The third-order valence-electron chi connectivity index (χ3n) is 6.85. The molecule has 0 saturated heterocycles. The fraction of sp³-hybridized carbons (Fsp3) is 0.0968. The molecule has 13 heteroatoms. The van der Waals surface area contributed by atoms with Gasteiger partial charge in [-0.15, -0.1) is 0 Å². The number of rotatable bonds is 12. The lowest BCUT2D eigenvalue weighted by Crippen LogP contribution is -2.35. The number of carbonyl (C=O) groups is 1. The Balaban J connectivity index is 1.21. The lowest BCUT2D eigenvalue weighted by Gasteiger charge is -2.23. The summed E-state index contributed by atoms with van der Waals surface area (Å²) in [5, 5.41) is 14.1. The van der Waals surface area contributed by atoms with Gasteiger partial charge in [-0.3, -0.25) is 14.9 Å². The highest BCUT2D eigenvalue weighted by molar-refractivity contribution is 5.99. The molecule has 0 atom stereocenters. The number of imidazole rings is 2. The van der Waals surface area contributed by atoms with E-state index in [-0.39, 0.29) is 18.0 Å². The minimum Gasteiger partial charge on any atom is -0.368 e. The van der Waals surface area contributed by atoms with E-state index in [9.17, 15) is 14.9 Å². The average Bonchev–Trinajstić information content (AvgIpc) is 3.81. The molecular weight excluding hydrogens is 560 g/mol. The van der Waals surface area contributed by atoms with Gasteiger partial charge in [0.15, 0.2) is 5.78 Å². The minimum absolute atomic E-state index is 0.0284. The maximum atomic E-state index is 13.4. The molecule has 0 fully saturated rings. The first-order valence-electron chi connectivity index (χ1n) is 13.7. The first-order valence-corrected chi connectivity index (χ1v) is 13.7. The Morgan fingerprint density at radius 1 is 0.932 bits per heavy atom. The van der Waals surface area contributed by atoms with Gasteiger partial charge in [0.1, 0.15) is 17.8 Å². The lowest BCUT2D eigenvalue weighted by molar-refractivity contribution is -0.385. The smallest absolute Gasteiger partial charge is 0.287 e. The Morgan fingerprint density at radius 3 is 2.43 bits per heavy atom. The fourth-order valence-corrected chi connectivity index (χ4v) is 4.55. The normalized spacial score (nSPS) is 10.8. The predicted molar refractivity (Wildman–Crippen MR) is 165 cm³/mol. The van der Waals surface area contributed by atoms with E-state index >= 15 is 0 Å². The number of hydrogen-bond acceptors (Lipinski definition) is 10. The molecule has 0 aliphatic heterocycles. The van der Waals surface area contributed by atoms with Crippen LogP contribution in [0.2, 0.25) is 0 Å². The van der Waals surface area contributed by atoms with Crippen LogP contribution in [0, 0.1) is 10.1 Å². The number of H-pyrrole nitrogens is 1. The molecule has 0 unspecified atom stereocenters. The van der Waals surface area contributed by atoms with Crippen LogP contribution in [0.1, 0.15) is 10.4 Å². The van der Waals surface area contributed by atoms with Crippen LogP contribution in [0.5, 0.6) is 0 Å². The summed E-state index contributed by atoms with van der Waals surface area (Å²) in [5.41, 5.74) is 3.89. The zero-order valence-electron chi connectivity index (χ0n) is 23.3. The molecule has 2 aromatic carbocycles. The standard InChI is InChI=1S/C31H26N10O3/c42-28(23-5-7-25(8-6-23)40-17-15-32-21-40)20-39(18-16-33-29-10-9-26(19-37-29)41(43)44)31-36-12-11-27(38-31)22-1-3-24(4-2-22)30-34-13-14-35-30/h1-15,17,19,21H,16,18,20H2,(H,33,37)(H,34,35). The van der Waals surface area contributed by atoms with Gasteiger partial charge >= 0.3 is 0 Å². The van der Waals surface area contributed by atoms with Crippen molar-refractivity contribution in [2.75, 3.05) is 29.9 Å². The number of anilines is 2. The van der Waals surface area contributed by atoms with E-state index in [1.165, 1.54) is 12.3 Å². The van der Waals surface area contributed by atoms with E-state index in [4.69, 9.17) is 4.98 Å². The van der Waals surface area contributed by atoms with Gasteiger partial charge in [-0.25, -0.2) is 24.9 Å². The van der Waals surface area contributed by atoms with Crippen LogP contribution < -0.4 is 10.2 Å². The number of benzene rings is 2. The van der Waals surface area contributed by atoms with Crippen molar-refractivity contribution in [3.8, 4) is 28.3 Å². The minimum atomic E-state index is -0.499. The fourth-order valence-electron chi connectivity index (χ4n) is 4.55. The average molecular weight is 587 g/mol. The highest BCUT2D eigenvalue weighted by Gasteiger charge is 2.17. The number of aromatic amines is 1. The van der Waals surface area contributed by atoms with Gasteiger partial charge in [-0.05, 0) is 36.4 Å². The van der Waals surface area contributed by atoms with Crippen molar-refractivity contribution in [1.82, 2.24) is 34.5 Å². The van der Waals surface area contributed by atoms with Crippen LogP contribution >= 0.6 is 0 Å². The van der Waals surface area contributed by atoms with E-state index < -0.39 is 4.92 Å². The van der Waals surface area contributed by atoms with Crippen LogP contribution in [0.15, 0.2) is 110 Å². The van der Waals surface area contributed by atoms with Crippen LogP contribution in [-0.2, 0) is 0 Å². The summed E-state index contributed by atoms with van der Waals surface area (Å²) in [6.07, 6.45) is 11.6. The molecule has 0 saturated carbocycles. The van der Waals surface area contributed by atoms with E-state index in [0.717, 1.165) is 22.6 Å². The highest BCUT2D eigenvalue weighted by Crippen LogP contribution is 2.23. The Labute approximate surface area is 251 Å². The van der Waals surface area contributed by atoms with Gasteiger partial charge < -0.3 is 19.8 Å². The third-order valence-corrected chi connectivity index (χ3v) is 6.85. The molecule has 0 bridgehead atoms. The molecule has 4 heterocycles. The van der Waals surface area contributed by atoms with Crippen LogP contribution in [0.3, 0.4) is 0 Å². The number of Topliss-reactive ketones (excluding diaryl/α,β-unsaturated/α-hetero) is 1. The summed E-state index contributed by atoms with van der Waals surface area (Å²) in [7, 11) is 0. The largest absolute Gasteiger partial charge is 0.368 e. The zero-order valence-corrected chi connectivity index (χ0v) is 23.3. The Hall–Kier alpha value is -6.24. The van der Waals surface area contributed by atoms with Crippen molar-refractivity contribution in [3.05, 3.63) is 126 Å². The van der Waals surface area contributed by atoms with Crippen molar-refractivity contribution < 1.29 is 9.72 Å². The molecule has 6 aromatic rings. The van der Waals surface area contributed by atoms with Crippen LogP contribution in [0.25, 0.3) is 28.3 Å². The van der Waals surface area contributed by atoms with E-state index in [1.54, 1.807) is 54.2 Å². The lowest BCUT2D eigenvalue weighted by atomic mass is 10.1. The quantitative estimate of drug-likeness (QED) is 0.115. The van der Waals surface area contributed by atoms with Gasteiger partial charge in [0, 0.05) is 72.5 Å². The summed E-state index contributed by atoms with van der Waals surface area (Å²) in [6.45, 7) is 0.766. The van der Waals surface area contributed by atoms with Crippen LogP contribution in [0.4, 0.5) is 17.5 Å². The molecule has 6 rings (SSSR count). The second-order valence-electron chi connectivity index (χ2n) is 9.70. The number of carbonyl (C=O) groups excluding carboxylic acids is 1. The molecule has 13 nitrogen and oxygen atoms in total. The van der Waals surface area contributed by atoms with Gasteiger partial charge in [-0.1, -0.05) is 24.3 Å². The highest BCUT2D eigenvalue weighted by atomic mass is 16.6.